The molecule has 0 aromatic heterocycles. The molecule has 21 heavy (non-hydrogen) atoms. The Hall–Kier alpha value is -0.810. The van der Waals surface area contributed by atoms with E-state index in [2.05, 4.69) is 0 Å². The Morgan fingerprint density at radius 3 is 2.38 bits per heavy atom. The third-order valence-electron chi connectivity index (χ3n) is 4.35. The molecule has 0 bridgehead atoms. The van der Waals surface area contributed by atoms with Crippen LogP contribution in [0.2, 0.25) is 0 Å². The molecule has 1 saturated heterocycles. The van der Waals surface area contributed by atoms with Crippen molar-refractivity contribution < 1.29 is 14.3 Å². The maximum absolute atomic E-state index is 12.0. The van der Waals surface area contributed by atoms with Crippen molar-refractivity contribution in [2.75, 3.05) is 25.7 Å². The van der Waals surface area contributed by atoms with Gasteiger partial charge in [0, 0.05) is 28.6 Å². The number of carbonyl (C=O) groups excluding carboxylic acids is 1. The number of fused-ring (bicyclic) bond motifs is 2. The molecule has 3 rings (SSSR count). The van der Waals surface area contributed by atoms with Crippen LogP contribution in [0.3, 0.4) is 0 Å². The normalized spacial score (nSPS) is 22.9. The average Bonchev–Trinajstić information content (AvgIpc) is 2.94. The van der Waals surface area contributed by atoms with Crippen molar-refractivity contribution in [3.05, 3.63) is 23.3 Å². The minimum Gasteiger partial charge on any atom is -0.496 e. The molecular weight excluding hydrogens is 304 g/mol. The number of thioether (sulfide) groups is 2. The Balaban J connectivity index is 2.20. The highest BCUT2D eigenvalue weighted by Crippen LogP contribution is 2.62. The molecule has 1 unspecified atom stereocenters. The van der Waals surface area contributed by atoms with E-state index < -0.39 is 0 Å². The highest BCUT2D eigenvalue weighted by Gasteiger charge is 2.47. The van der Waals surface area contributed by atoms with E-state index in [0.717, 1.165) is 41.4 Å². The summed E-state index contributed by atoms with van der Waals surface area (Å²) in [5.74, 6) is 4.40. The number of carbonyl (C=O) groups is 1. The van der Waals surface area contributed by atoms with Crippen molar-refractivity contribution in [1.29, 1.82) is 0 Å². The van der Waals surface area contributed by atoms with Gasteiger partial charge in [-0.2, -0.15) is 0 Å². The van der Waals surface area contributed by atoms with Gasteiger partial charge in [-0.15, -0.1) is 23.5 Å². The number of ketones is 1. The van der Waals surface area contributed by atoms with Crippen LogP contribution in [0, 0.1) is 5.92 Å². The van der Waals surface area contributed by atoms with Gasteiger partial charge in [0.2, 0.25) is 0 Å². The molecule has 1 aliphatic carbocycles. The first kappa shape index (κ1) is 15.1. The van der Waals surface area contributed by atoms with E-state index in [-0.39, 0.29) is 15.8 Å². The summed E-state index contributed by atoms with van der Waals surface area (Å²) < 4.78 is 11.1. The number of benzene rings is 1. The van der Waals surface area contributed by atoms with Crippen molar-refractivity contribution in [1.82, 2.24) is 0 Å². The lowest BCUT2D eigenvalue weighted by atomic mass is 9.80. The van der Waals surface area contributed by atoms with Crippen molar-refractivity contribution in [3.8, 4) is 11.5 Å². The molecule has 2 aliphatic rings. The smallest absolute Gasteiger partial charge is 0.133 e. The Morgan fingerprint density at radius 1 is 1.19 bits per heavy atom. The zero-order valence-electron chi connectivity index (χ0n) is 12.6. The third kappa shape index (κ3) is 2.44. The molecule has 0 saturated carbocycles. The van der Waals surface area contributed by atoms with Gasteiger partial charge < -0.3 is 9.47 Å². The van der Waals surface area contributed by atoms with E-state index >= 15 is 0 Å². The lowest BCUT2D eigenvalue weighted by molar-refractivity contribution is -0.121. The van der Waals surface area contributed by atoms with Crippen LogP contribution in [0.15, 0.2) is 12.1 Å². The molecule has 1 heterocycles. The Labute approximate surface area is 134 Å². The zero-order chi connectivity index (χ0) is 15.0. The Morgan fingerprint density at radius 2 is 1.81 bits per heavy atom. The van der Waals surface area contributed by atoms with E-state index in [1.165, 1.54) is 5.56 Å². The molecule has 0 amide bonds. The van der Waals surface area contributed by atoms with Gasteiger partial charge in [-0.1, -0.05) is 0 Å². The maximum atomic E-state index is 12.0. The monoisotopic (exact) mass is 324 g/mol. The molecule has 114 valence electrons. The summed E-state index contributed by atoms with van der Waals surface area (Å²) in [6.45, 7) is 1.71. The summed E-state index contributed by atoms with van der Waals surface area (Å²) in [5, 5.41) is 0. The lowest BCUT2D eigenvalue weighted by Crippen LogP contribution is -2.32. The van der Waals surface area contributed by atoms with E-state index in [1.54, 1.807) is 21.1 Å². The topological polar surface area (TPSA) is 35.5 Å². The van der Waals surface area contributed by atoms with E-state index in [1.807, 2.05) is 35.7 Å². The van der Waals surface area contributed by atoms with Gasteiger partial charge in [0.1, 0.15) is 17.3 Å². The maximum Gasteiger partial charge on any atom is 0.133 e. The fourth-order valence-corrected chi connectivity index (χ4v) is 6.87. The standard InChI is InChI=1S/C16H20O3S2/c1-10(17)11-8-12-13(18-2)4-5-14(19-3)15(12)16(9-11)20-6-7-21-16/h4-5,11H,6-9H2,1-3H3. The van der Waals surface area contributed by atoms with E-state index in [4.69, 9.17) is 9.47 Å². The quantitative estimate of drug-likeness (QED) is 0.850. The average molecular weight is 324 g/mol. The van der Waals surface area contributed by atoms with Gasteiger partial charge >= 0.3 is 0 Å². The summed E-state index contributed by atoms with van der Waals surface area (Å²) in [6.07, 6.45) is 1.65. The molecule has 0 radical (unpaired) electrons. The molecule has 5 heteroatoms. The first-order valence-electron chi connectivity index (χ1n) is 7.14. The highest BCUT2D eigenvalue weighted by atomic mass is 32.2. The van der Waals surface area contributed by atoms with Crippen LogP contribution in [0.5, 0.6) is 11.5 Å². The number of rotatable bonds is 3. The molecule has 1 atom stereocenters. The number of Topliss-reactive ketones (excluding diaryl/α,β-unsaturated/α-hetero) is 1. The highest BCUT2D eigenvalue weighted by molar-refractivity contribution is 8.20. The first-order valence-corrected chi connectivity index (χ1v) is 9.11. The van der Waals surface area contributed by atoms with Gasteiger partial charge in [0.05, 0.1) is 18.3 Å². The van der Waals surface area contributed by atoms with Gasteiger partial charge in [-0.25, -0.2) is 0 Å². The van der Waals surface area contributed by atoms with Crippen LogP contribution in [0.25, 0.3) is 0 Å². The minimum absolute atomic E-state index is 0.0518. The SMILES string of the molecule is COc1ccc(OC)c2c1CC(C(C)=O)CC21SCCS1. The third-order valence-corrected chi connectivity index (χ3v) is 7.80. The molecule has 1 aliphatic heterocycles. The largest absolute Gasteiger partial charge is 0.496 e. The van der Waals surface area contributed by atoms with E-state index in [0.29, 0.717) is 0 Å². The molecule has 1 spiro atoms. The minimum atomic E-state index is -0.0518. The predicted octanol–water partition coefficient (Wildman–Crippen LogP) is 3.49. The molecule has 3 nitrogen and oxygen atoms in total. The lowest BCUT2D eigenvalue weighted by Gasteiger charge is -2.39. The van der Waals surface area contributed by atoms with Gasteiger partial charge in [0.15, 0.2) is 0 Å². The summed E-state index contributed by atoms with van der Waals surface area (Å²) in [4.78, 5) is 12.0. The fraction of sp³-hybridized carbons (Fsp3) is 0.562. The van der Waals surface area contributed by atoms with Crippen molar-refractivity contribution in [2.24, 2.45) is 5.92 Å². The van der Waals surface area contributed by atoms with Gasteiger partial charge in [-0.05, 0) is 31.9 Å². The molecule has 0 N–H and O–H groups in total. The van der Waals surface area contributed by atoms with Crippen molar-refractivity contribution in [2.45, 2.75) is 23.8 Å². The summed E-state index contributed by atoms with van der Waals surface area (Å²) in [7, 11) is 3.41. The first-order chi connectivity index (χ1) is 10.1. The predicted molar refractivity (Wildman–Crippen MR) is 88.6 cm³/mol. The molecule has 1 aromatic rings. The zero-order valence-corrected chi connectivity index (χ0v) is 14.2. The van der Waals surface area contributed by atoms with Gasteiger partial charge in [0.25, 0.3) is 0 Å². The molecular formula is C16H20O3S2. The number of methoxy groups -OCH3 is 2. The summed E-state index contributed by atoms with van der Waals surface area (Å²) in [5.41, 5.74) is 2.40. The molecule has 1 fully saturated rings. The van der Waals surface area contributed by atoms with Crippen LogP contribution >= 0.6 is 23.5 Å². The summed E-state index contributed by atoms with van der Waals surface area (Å²) in [6, 6.07) is 3.95. The van der Waals surface area contributed by atoms with Crippen LogP contribution in [-0.2, 0) is 15.3 Å². The van der Waals surface area contributed by atoms with Crippen LogP contribution in [0.4, 0.5) is 0 Å². The Bertz CT molecular complexity index is 565. The second-order valence-electron chi connectivity index (χ2n) is 5.49. The summed E-state index contributed by atoms with van der Waals surface area (Å²) >= 11 is 3.91. The van der Waals surface area contributed by atoms with E-state index in [9.17, 15) is 4.79 Å². The van der Waals surface area contributed by atoms with Crippen molar-refractivity contribution >= 4 is 29.3 Å². The Kier molecular flexibility index (Phi) is 4.14. The second kappa shape index (κ2) is 5.76. The molecule has 1 aromatic carbocycles. The van der Waals surface area contributed by atoms with Gasteiger partial charge in [-0.3, -0.25) is 4.79 Å². The number of hydrogen-bond donors (Lipinski definition) is 0. The van der Waals surface area contributed by atoms with Crippen LogP contribution in [-0.4, -0.2) is 31.5 Å². The number of ether oxygens (including phenoxy) is 2. The van der Waals surface area contributed by atoms with Crippen LogP contribution < -0.4 is 9.47 Å². The fourth-order valence-electron chi connectivity index (χ4n) is 3.34. The second-order valence-corrected chi connectivity index (χ2v) is 8.54. The number of hydrogen-bond acceptors (Lipinski definition) is 5. The van der Waals surface area contributed by atoms with Crippen LogP contribution in [0.1, 0.15) is 24.5 Å². The van der Waals surface area contributed by atoms with Crippen molar-refractivity contribution in [3.63, 3.8) is 0 Å².